The topological polar surface area (TPSA) is 87.4 Å². The molecule has 0 spiro atoms. The van der Waals surface area contributed by atoms with Gasteiger partial charge in [0.2, 0.25) is 5.95 Å². The number of hydrogen-bond donors (Lipinski definition) is 1. The summed E-state index contributed by atoms with van der Waals surface area (Å²) in [6.45, 7) is 3.66. The second-order valence-corrected chi connectivity index (χ2v) is 7.45. The largest absolute Gasteiger partial charge is 0.481 e. The van der Waals surface area contributed by atoms with Gasteiger partial charge in [-0.3, -0.25) is 14.4 Å². The van der Waals surface area contributed by atoms with Crippen molar-refractivity contribution in [3.8, 4) is 0 Å². The maximum atomic E-state index is 12.3. The Hall–Kier alpha value is -2.48. The molecule has 4 rings (SSSR count). The number of aliphatic carboxylic acids is 1. The highest BCUT2D eigenvalue weighted by atomic mass is 16.4. The predicted molar refractivity (Wildman–Crippen MR) is 95.5 cm³/mol. The van der Waals surface area contributed by atoms with Gasteiger partial charge in [-0.2, -0.15) is 5.10 Å². The number of fused-ring (bicyclic) bond motifs is 1. The fourth-order valence-electron chi connectivity index (χ4n) is 4.42. The van der Waals surface area contributed by atoms with Crippen LogP contribution >= 0.6 is 0 Å². The summed E-state index contributed by atoms with van der Waals surface area (Å²) in [5.41, 5.74) is 0.444. The standard InChI is InChI=1S/C18H24N6O2/c1-22-9-14(8-21-22)10-23-7-2-4-18(16(25)26)13-24(12-15(18)11-23)17-19-5-3-6-20-17/h3,5-6,8-9,15H,2,4,7,10-13H2,1H3,(H,25,26)/t15-,18-/m0/s1. The number of hydrogen-bond acceptors (Lipinski definition) is 6. The van der Waals surface area contributed by atoms with Crippen molar-refractivity contribution >= 4 is 11.9 Å². The van der Waals surface area contributed by atoms with E-state index in [4.69, 9.17) is 0 Å². The van der Waals surface area contributed by atoms with Gasteiger partial charge in [-0.05, 0) is 25.5 Å². The molecule has 0 amide bonds. The van der Waals surface area contributed by atoms with Crippen molar-refractivity contribution in [1.29, 1.82) is 0 Å². The SMILES string of the molecule is Cn1cc(CN2CCC[C@]3(C(=O)O)CN(c4ncccn4)C[C@@H]3C2)cn1. The highest BCUT2D eigenvalue weighted by Gasteiger charge is 2.53. The van der Waals surface area contributed by atoms with E-state index >= 15 is 0 Å². The van der Waals surface area contributed by atoms with E-state index in [1.54, 1.807) is 23.1 Å². The van der Waals surface area contributed by atoms with Crippen molar-refractivity contribution in [1.82, 2.24) is 24.6 Å². The highest BCUT2D eigenvalue weighted by Crippen LogP contribution is 2.43. The minimum Gasteiger partial charge on any atom is -0.481 e. The Morgan fingerprint density at radius 1 is 1.35 bits per heavy atom. The Balaban J connectivity index is 1.55. The third kappa shape index (κ3) is 3.05. The van der Waals surface area contributed by atoms with E-state index in [1.807, 2.05) is 24.3 Å². The normalized spacial score (nSPS) is 26.5. The van der Waals surface area contributed by atoms with E-state index in [9.17, 15) is 9.90 Å². The van der Waals surface area contributed by atoms with Crippen LogP contribution in [0, 0.1) is 11.3 Å². The van der Waals surface area contributed by atoms with Crippen molar-refractivity contribution in [3.63, 3.8) is 0 Å². The minimum atomic E-state index is -0.719. The maximum Gasteiger partial charge on any atom is 0.311 e. The maximum absolute atomic E-state index is 12.3. The molecule has 2 aromatic heterocycles. The smallest absolute Gasteiger partial charge is 0.311 e. The first-order valence-corrected chi connectivity index (χ1v) is 9.02. The summed E-state index contributed by atoms with van der Waals surface area (Å²) < 4.78 is 1.80. The monoisotopic (exact) mass is 356 g/mol. The number of carboxylic acid groups (broad SMARTS) is 1. The van der Waals surface area contributed by atoms with Crippen molar-refractivity contribution in [2.75, 3.05) is 31.1 Å². The molecule has 0 aromatic carbocycles. The summed E-state index contributed by atoms with van der Waals surface area (Å²) in [4.78, 5) is 25.3. The Kier molecular flexibility index (Phi) is 4.36. The van der Waals surface area contributed by atoms with Gasteiger partial charge in [0.25, 0.3) is 0 Å². The fraction of sp³-hybridized carbons (Fsp3) is 0.556. The lowest BCUT2D eigenvalue weighted by atomic mass is 9.75. The van der Waals surface area contributed by atoms with E-state index in [1.165, 1.54) is 0 Å². The van der Waals surface area contributed by atoms with Gasteiger partial charge >= 0.3 is 5.97 Å². The summed E-state index contributed by atoms with van der Waals surface area (Å²) >= 11 is 0. The molecule has 4 heterocycles. The molecule has 0 radical (unpaired) electrons. The zero-order valence-corrected chi connectivity index (χ0v) is 15.0. The molecule has 0 unspecified atom stereocenters. The molecule has 1 N–H and O–H groups in total. The minimum absolute atomic E-state index is 0.0583. The quantitative estimate of drug-likeness (QED) is 0.875. The van der Waals surface area contributed by atoms with Crippen molar-refractivity contribution in [2.24, 2.45) is 18.4 Å². The zero-order chi connectivity index (χ0) is 18.1. The second kappa shape index (κ2) is 6.68. The molecule has 8 heteroatoms. The van der Waals surface area contributed by atoms with Gasteiger partial charge in [0, 0.05) is 63.3 Å². The van der Waals surface area contributed by atoms with Crippen LogP contribution in [0.4, 0.5) is 5.95 Å². The van der Waals surface area contributed by atoms with E-state index in [2.05, 4.69) is 20.0 Å². The van der Waals surface area contributed by atoms with Crippen LogP contribution in [-0.4, -0.2) is 61.9 Å². The lowest BCUT2D eigenvalue weighted by Crippen LogP contribution is -2.41. The summed E-state index contributed by atoms with van der Waals surface area (Å²) in [5, 5.41) is 14.3. The van der Waals surface area contributed by atoms with E-state index in [0.717, 1.165) is 31.6 Å². The number of anilines is 1. The van der Waals surface area contributed by atoms with E-state index in [-0.39, 0.29) is 5.92 Å². The molecule has 2 aliphatic rings. The molecular weight excluding hydrogens is 332 g/mol. The third-order valence-electron chi connectivity index (χ3n) is 5.70. The van der Waals surface area contributed by atoms with Gasteiger partial charge in [-0.1, -0.05) is 0 Å². The van der Waals surface area contributed by atoms with Crippen LogP contribution in [0.5, 0.6) is 0 Å². The van der Waals surface area contributed by atoms with Crippen LogP contribution in [-0.2, 0) is 18.4 Å². The fourth-order valence-corrected chi connectivity index (χ4v) is 4.42. The first kappa shape index (κ1) is 17.0. The Bertz CT molecular complexity index is 779. The Morgan fingerprint density at radius 3 is 2.85 bits per heavy atom. The van der Waals surface area contributed by atoms with Crippen LogP contribution in [0.3, 0.4) is 0 Å². The van der Waals surface area contributed by atoms with E-state index in [0.29, 0.717) is 25.5 Å². The van der Waals surface area contributed by atoms with Gasteiger partial charge in [0.05, 0.1) is 11.6 Å². The van der Waals surface area contributed by atoms with Crippen LogP contribution in [0.2, 0.25) is 0 Å². The number of nitrogens with zero attached hydrogens (tertiary/aromatic N) is 6. The number of likely N-dealkylation sites (tertiary alicyclic amines) is 1. The molecule has 2 atom stereocenters. The number of aryl methyl sites for hydroxylation is 1. The van der Waals surface area contributed by atoms with Gasteiger partial charge < -0.3 is 10.0 Å². The molecule has 26 heavy (non-hydrogen) atoms. The molecular formula is C18H24N6O2. The summed E-state index contributed by atoms with van der Waals surface area (Å²) in [6, 6.07) is 1.78. The second-order valence-electron chi connectivity index (χ2n) is 7.45. The highest BCUT2D eigenvalue weighted by molar-refractivity contribution is 5.77. The summed E-state index contributed by atoms with van der Waals surface area (Å²) in [5.74, 6) is -0.00727. The van der Waals surface area contributed by atoms with Crippen LogP contribution in [0.15, 0.2) is 30.9 Å². The van der Waals surface area contributed by atoms with Crippen LogP contribution in [0.1, 0.15) is 18.4 Å². The number of rotatable bonds is 4. The van der Waals surface area contributed by atoms with Crippen LogP contribution in [0.25, 0.3) is 0 Å². The average Bonchev–Trinajstić information content (AvgIpc) is 3.16. The third-order valence-corrected chi connectivity index (χ3v) is 5.70. The first-order valence-electron chi connectivity index (χ1n) is 9.02. The first-order chi connectivity index (χ1) is 12.6. The molecule has 2 fully saturated rings. The molecule has 2 aromatic rings. The van der Waals surface area contributed by atoms with Gasteiger partial charge in [-0.15, -0.1) is 0 Å². The lowest BCUT2D eigenvalue weighted by Gasteiger charge is -2.29. The molecule has 138 valence electrons. The predicted octanol–water partition coefficient (Wildman–Crippen LogP) is 1.01. The lowest BCUT2D eigenvalue weighted by molar-refractivity contribution is -0.150. The Morgan fingerprint density at radius 2 is 2.15 bits per heavy atom. The van der Waals surface area contributed by atoms with Gasteiger partial charge in [0.15, 0.2) is 0 Å². The molecule has 2 saturated heterocycles. The van der Waals surface area contributed by atoms with Crippen molar-refractivity contribution in [3.05, 3.63) is 36.4 Å². The molecule has 2 aliphatic heterocycles. The van der Waals surface area contributed by atoms with Gasteiger partial charge in [0.1, 0.15) is 0 Å². The molecule has 0 aliphatic carbocycles. The Labute approximate surface area is 152 Å². The number of carboxylic acids is 1. The molecule has 0 bridgehead atoms. The van der Waals surface area contributed by atoms with Crippen LogP contribution < -0.4 is 4.90 Å². The van der Waals surface area contributed by atoms with Crippen molar-refractivity contribution in [2.45, 2.75) is 19.4 Å². The van der Waals surface area contributed by atoms with E-state index < -0.39 is 11.4 Å². The zero-order valence-electron chi connectivity index (χ0n) is 15.0. The number of aromatic nitrogens is 4. The summed E-state index contributed by atoms with van der Waals surface area (Å²) in [7, 11) is 1.91. The summed E-state index contributed by atoms with van der Waals surface area (Å²) in [6.07, 6.45) is 8.89. The van der Waals surface area contributed by atoms with Gasteiger partial charge in [-0.25, -0.2) is 9.97 Å². The average molecular weight is 356 g/mol. The number of carbonyl (C=O) groups is 1. The molecule has 8 nitrogen and oxygen atoms in total. The van der Waals surface area contributed by atoms with Crippen molar-refractivity contribution < 1.29 is 9.90 Å². The molecule has 0 saturated carbocycles.